The van der Waals surface area contributed by atoms with Crippen LogP contribution < -0.4 is 9.47 Å². The second kappa shape index (κ2) is 9.95. The third-order valence-corrected chi connectivity index (χ3v) is 6.29. The minimum atomic E-state index is -4.44. The Balaban J connectivity index is 1.36. The molecule has 0 saturated carbocycles. The zero-order valence-corrected chi connectivity index (χ0v) is 18.9. The summed E-state index contributed by atoms with van der Waals surface area (Å²) in [6, 6.07) is 9.89. The zero-order chi connectivity index (χ0) is 24.3. The Morgan fingerprint density at radius 3 is 2.35 bits per heavy atom. The quantitative estimate of drug-likeness (QED) is 0.643. The Morgan fingerprint density at radius 2 is 1.71 bits per heavy atom. The lowest BCUT2D eigenvalue weighted by molar-refractivity contribution is -0.138. The molecule has 6 nitrogen and oxygen atoms in total. The molecule has 4 rings (SSSR count). The molecule has 1 fully saturated rings. The summed E-state index contributed by atoms with van der Waals surface area (Å²) < 4.78 is 49.7. The monoisotopic (exact) mass is 476 g/mol. The zero-order valence-electron chi connectivity index (χ0n) is 18.9. The van der Waals surface area contributed by atoms with Crippen LogP contribution in [0.4, 0.5) is 13.2 Å². The van der Waals surface area contributed by atoms with E-state index in [9.17, 15) is 22.8 Å². The molecule has 2 aliphatic heterocycles. The van der Waals surface area contributed by atoms with E-state index in [0.717, 1.165) is 17.7 Å². The minimum absolute atomic E-state index is 0.0264. The first kappa shape index (κ1) is 23.9. The maximum atomic E-state index is 13.2. The Labute approximate surface area is 196 Å². The van der Waals surface area contributed by atoms with Crippen LogP contribution in [0.15, 0.2) is 42.5 Å². The molecule has 34 heavy (non-hydrogen) atoms. The van der Waals surface area contributed by atoms with E-state index in [2.05, 4.69) is 0 Å². The van der Waals surface area contributed by atoms with Gasteiger partial charge in [-0.15, -0.1) is 0 Å². The van der Waals surface area contributed by atoms with E-state index in [1.54, 1.807) is 9.80 Å². The number of hydrogen-bond donors (Lipinski definition) is 0. The molecule has 2 heterocycles. The topological polar surface area (TPSA) is 59.1 Å². The third-order valence-electron chi connectivity index (χ3n) is 6.29. The Morgan fingerprint density at radius 1 is 1.03 bits per heavy atom. The van der Waals surface area contributed by atoms with E-state index in [1.807, 2.05) is 25.1 Å². The minimum Gasteiger partial charge on any atom is -0.486 e. The van der Waals surface area contributed by atoms with Crippen molar-refractivity contribution in [3.8, 4) is 11.5 Å². The average molecular weight is 476 g/mol. The number of halogens is 3. The number of hydrogen-bond acceptors (Lipinski definition) is 4. The highest BCUT2D eigenvalue weighted by atomic mass is 19.4. The average Bonchev–Trinajstić information content (AvgIpc) is 2.86. The number of fused-ring (bicyclic) bond motifs is 1. The number of rotatable bonds is 5. The van der Waals surface area contributed by atoms with Gasteiger partial charge in [-0.3, -0.25) is 9.59 Å². The molecule has 0 bridgehead atoms. The highest BCUT2D eigenvalue weighted by Crippen LogP contribution is 2.35. The number of piperidine rings is 1. The normalized spacial score (nSPS) is 16.3. The van der Waals surface area contributed by atoms with Crippen molar-refractivity contribution in [1.29, 1.82) is 0 Å². The fourth-order valence-electron chi connectivity index (χ4n) is 4.38. The van der Waals surface area contributed by atoms with E-state index >= 15 is 0 Å². The molecule has 182 valence electrons. The predicted molar refractivity (Wildman–Crippen MR) is 119 cm³/mol. The summed E-state index contributed by atoms with van der Waals surface area (Å²) in [4.78, 5) is 29.3. The van der Waals surface area contributed by atoms with Crippen LogP contribution in [0.5, 0.6) is 11.5 Å². The Kier molecular flexibility index (Phi) is 7.00. The Hall–Kier alpha value is -3.23. The summed E-state index contributed by atoms with van der Waals surface area (Å²) >= 11 is 0. The fourth-order valence-corrected chi connectivity index (χ4v) is 4.38. The van der Waals surface area contributed by atoms with Gasteiger partial charge in [-0.2, -0.15) is 13.2 Å². The maximum absolute atomic E-state index is 13.2. The molecule has 0 spiro atoms. The molecule has 0 aliphatic carbocycles. The smallest absolute Gasteiger partial charge is 0.416 e. The number of carbonyl (C=O) groups is 2. The summed E-state index contributed by atoms with van der Waals surface area (Å²) in [6.45, 7) is 4.59. The van der Waals surface area contributed by atoms with Crippen molar-refractivity contribution in [2.75, 3.05) is 32.8 Å². The standard InChI is InChI=1S/C25H27F3N2O4/c1-2-29(16-19-4-3-5-21-22(19)34-15-14-33-21)23(31)18-10-12-30(13-11-18)24(32)17-6-8-20(9-7-17)25(26,27)28/h3-9,18H,2,10-16H2,1H3. The van der Waals surface area contributed by atoms with Crippen LogP contribution in [-0.4, -0.2) is 54.5 Å². The maximum Gasteiger partial charge on any atom is 0.416 e. The molecule has 0 unspecified atom stereocenters. The van der Waals surface area contributed by atoms with Crippen molar-refractivity contribution < 1.29 is 32.2 Å². The molecule has 0 N–H and O–H groups in total. The van der Waals surface area contributed by atoms with Gasteiger partial charge in [-0.25, -0.2) is 0 Å². The molecule has 0 atom stereocenters. The molecule has 9 heteroatoms. The molecule has 0 radical (unpaired) electrons. The predicted octanol–water partition coefficient (Wildman–Crippen LogP) is 4.38. The summed E-state index contributed by atoms with van der Waals surface area (Å²) in [5.41, 5.74) is 0.316. The third kappa shape index (κ3) is 5.13. The van der Waals surface area contributed by atoms with Crippen LogP contribution in [-0.2, 0) is 17.5 Å². The summed E-state index contributed by atoms with van der Waals surface area (Å²) in [7, 11) is 0. The van der Waals surface area contributed by atoms with E-state index in [0.29, 0.717) is 63.7 Å². The van der Waals surface area contributed by atoms with Crippen LogP contribution in [0.2, 0.25) is 0 Å². The lowest BCUT2D eigenvalue weighted by Crippen LogP contribution is -2.44. The van der Waals surface area contributed by atoms with Crippen molar-refractivity contribution in [3.63, 3.8) is 0 Å². The molecular weight excluding hydrogens is 449 g/mol. The van der Waals surface area contributed by atoms with Gasteiger partial charge in [0.05, 0.1) is 5.56 Å². The summed E-state index contributed by atoms with van der Waals surface area (Å²) in [5.74, 6) is 0.853. The van der Waals surface area contributed by atoms with Crippen LogP contribution in [0.1, 0.15) is 41.3 Å². The van der Waals surface area contributed by atoms with Crippen molar-refractivity contribution in [2.24, 2.45) is 5.92 Å². The molecule has 2 aromatic rings. The summed E-state index contributed by atoms with van der Waals surface area (Å²) in [5, 5.41) is 0. The molecule has 2 aromatic carbocycles. The number of likely N-dealkylation sites (tertiary alicyclic amines) is 1. The first-order valence-corrected chi connectivity index (χ1v) is 11.4. The highest BCUT2D eigenvalue weighted by Gasteiger charge is 2.32. The lowest BCUT2D eigenvalue weighted by atomic mass is 9.94. The van der Waals surface area contributed by atoms with Gasteiger partial charge in [0.2, 0.25) is 5.91 Å². The molecule has 1 saturated heterocycles. The molecule has 2 amide bonds. The second-order valence-electron chi connectivity index (χ2n) is 8.44. The van der Waals surface area contributed by atoms with E-state index in [1.165, 1.54) is 12.1 Å². The van der Waals surface area contributed by atoms with E-state index in [4.69, 9.17) is 9.47 Å². The summed E-state index contributed by atoms with van der Waals surface area (Å²) in [6.07, 6.45) is -3.42. The van der Waals surface area contributed by atoms with Gasteiger partial charge in [0, 0.05) is 43.2 Å². The van der Waals surface area contributed by atoms with E-state index in [-0.39, 0.29) is 23.3 Å². The number of alkyl halides is 3. The van der Waals surface area contributed by atoms with Crippen LogP contribution >= 0.6 is 0 Å². The number of nitrogens with zero attached hydrogens (tertiary/aromatic N) is 2. The number of ether oxygens (including phenoxy) is 2. The number of amides is 2. The fraction of sp³-hybridized carbons (Fsp3) is 0.440. The van der Waals surface area contributed by atoms with Gasteiger partial charge < -0.3 is 19.3 Å². The van der Waals surface area contributed by atoms with Crippen molar-refractivity contribution >= 4 is 11.8 Å². The number of carbonyl (C=O) groups excluding carboxylic acids is 2. The van der Waals surface area contributed by atoms with Crippen molar-refractivity contribution in [1.82, 2.24) is 9.80 Å². The van der Waals surface area contributed by atoms with Gasteiger partial charge in [-0.1, -0.05) is 12.1 Å². The van der Waals surface area contributed by atoms with Crippen molar-refractivity contribution in [3.05, 3.63) is 59.2 Å². The molecule has 2 aliphatic rings. The Bertz CT molecular complexity index is 1030. The van der Waals surface area contributed by atoms with Crippen LogP contribution in [0.3, 0.4) is 0 Å². The molecule has 0 aromatic heterocycles. The van der Waals surface area contributed by atoms with Gasteiger partial charge in [0.1, 0.15) is 13.2 Å². The second-order valence-corrected chi connectivity index (χ2v) is 8.44. The van der Waals surface area contributed by atoms with Gasteiger partial charge >= 0.3 is 6.18 Å². The van der Waals surface area contributed by atoms with Gasteiger partial charge in [0.15, 0.2) is 11.5 Å². The largest absolute Gasteiger partial charge is 0.486 e. The SMILES string of the molecule is CCN(Cc1cccc2c1OCCO2)C(=O)C1CCN(C(=O)c2ccc(C(F)(F)F)cc2)CC1. The van der Waals surface area contributed by atoms with Gasteiger partial charge in [0.25, 0.3) is 5.91 Å². The highest BCUT2D eigenvalue weighted by molar-refractivity contribution is 5.94. The molecular formula is C25H27F3N2O4. The lowest BCUT2D eigenvalue weighted by Gasteiger charge is -2.34. The first-order valence-electron chi connectivity index (χ1n) is 11.4. The van der Waals surface area contributed by atoms with Crippen molar-refractivity contribution in [2.45, 2.75) is 32.5 Å². The van der Waals surface area contributed by atoms with Crippen LogP contribution in [0.25, 0.3) is 0 Å². The van der Waals surface area contributed by atoms with Gasteiger partial charge in [-0.05, 0) is 50.1 Å². The van der Waals surface area contributed by atoms with Crippen LogP contribution in [0, 0.1) is 5.92 Å². The number of para-hydroxylation sites is 1. The first-order chi connectivity index (χ1) is 16.3. The van der Waals surface area contributed by atoms with E-state index < -0.39 is 11.7 Å². The number of benzene rings is 2.